The van der Waals surface area contributed by atoms with E-state index in [1.807, 2.05) is 30.3 Å². The van der Waals surface area contributed by atoms with E-state index in [1.54, 1.807) is 19.1 Å². The number of amides is 1. The predicted molar refractivity (Wildman–Crippen MR) is 109 cm³/mol. The van der Waals surface area contributed by atoms with Crippen molar-refractivity contribution in [3.8, 4) is 5.69 Å². The summed E-state index contributed by atoms with van der Waals surface area (Å²) in [6, 6.07) is 15.6. The van der Waals surface area contributed by atoms with Crippen LogP contribution < -0.4 is 5.32 Å². The van der Waals surface area contributed by atoms with Crippen molar-refractivity contribution >= 4 is 11.6 Å². The van der Waals surface area contributed by atoms with Gasteiger partial charge < -0.3 is 5.32 Å². The van der Waals surface area contributed by atoms with Crippen LogP contribution >= 0.6 is 0 Å². The third-order valence-electron chi connectivity index (χ3n) is 4.67. The van der Waals surface area contributed by atoms with Crippen molar-refractivity contribution in [1.29, 1.82) is 0 Å². The number of rotatable bonds is 5. The van der Waals surface area contributed by atoms with Crippen molar-refractivity contribution in [2.75, 3.05) is 0 Å². The Bertz CT molecular complexity index is 1040. The second-order valence-electron chi connectivity index (χ2n) is 7.90. The molecule has 29 heavy (non-hydrogen) atoms. The van der Waals surface area contributed by atoms with Crippen LogP contribution in [0.1, 0.15) is 48.6 Å². The molecule has 0 spiro atoms. The highest BCUT2D eigenvalue weighted by Crippen LogP contribution is 2.33. The number of non-ortho nitro benzene ring substituents is 1. The van der Waals surface area contributed by atoms with Gasteiger partial charge in [-0.05, 0) is 24.0 Å². The van der Waals surface area contributed by atoms with Crippen LogP contribution in [0.25, 0.3) is 5.69 Å². The topological polar surface area (TPSA) is 103 Å². The van der Waals surface area contributed by atoms with E-state index in [9.17, 15) is 14.9 Å². The van der Waals surface area contributed by atoms with Gasteiger partial charge in [0, 0.05) is 12.1 Å². The number of aromatic nitrogens is 3. The number of benzene rings is 2. The Labute approximate surface area is 168 Å². The Hall–Kier alpha value is -3.55. The SMILES string of the molecule is Cc1c(C(=O)NC(c2ccccc2)C(C)(C)C)nnn1-c1cccc([N+](=O)[O-])c1. The average molecular weight is 393 g/mol. The van der Waals surface area contributed by atoms with Crippen LogP contribution in [0.5, 0.6) is 0 Å². The zero-order valence-electron chi connectivity index (χ0n) is 16.8. The molecule has 0 aliphatic carbocycles. The van der Waals surface area contributed by atoms with Gasteiger partial charge in [-0.1, -0.05) is 62.4 Å². The van der Waals surface area contributed by atoms with Gasteiger partial charge in [0.25, 0.3) is 11.6 Å². The van der Waals surface area contributed by atoms with Gasteiger partial charge in [-0.15, -0.1) is 5.10 Å². The monoisotopic (exact) mass is 393 g/mol. The number of nitro benzene ring substituents is 1. The van der Waals surface area contributed by atoms with Crippen LogP contribution in [-0.4, -0.2) is 25.8 Å². The first kappa shape index (κ1) is 20.2. The van der Waals surface area contributed by atoms with Crippen LogP contribution in [0.15, 0.2) is 54.6 Å². The molecule has 1 amide bonds. The molecule has 150 valence electrons. The Morgan fingerprint density at radius 3 is 2.45 bits per heavy atom. The van der Waals surface area contributed by atoms with E-state index in [4.69, 9.17) is 0 Å². The van der Waals surface area contributed by atoms with Crippen molar-refractivity contribution in [3.63, 3.8) is 0 Å². The fourth-order valence-electron chi connectivity index (χ4n) is 3.17. The quantitative estimate of drug-likeness (QED) is 0.521. The molecule has 3 aromatic rings. The largest absolute Gasteiger partial charge is 0.343 e. The lowest BCUT2D eigenvalue weighted by atomic mass is 9.82. The minimum absolute atomic E-state index is 0.0553. The minimum Gasteiger partial charge on any atom is -0.343 e. The highest BCUT2D eigenvalue weighted by molar-refractivity contribution is 5.93. The van der Waals surface area contributed by atoms with E-state index in [0.29, 0.717) is 11.4 Å². The fourth-order valence-corrected chi connectivity index (χ4v) is 3.17. The molecule has 1 N–H and O–H groups in total. The molecule has 3 rings (SSSR count). The third kappa shape index (κ3) is 4.31. The van der Waals surface area contributed by atoms with E-state index >= 15 is 0 Å². The summed E-state index contributed by atoms with van der Waals surface area (Å²) in [5.41, 5.74) is 1.88. The van der Waals surface area contributed by atoms with Gasteiger partial charge in [-0.25, -0.2) is 4.68 Å². The molecule has 1 atom stereocenters. The second kappa shape index (κ2) is 7.83. The van der Waals surface area contributed by atoms with E-state index in [1.165, 1.54) is 16.8 Å². The summed E-state index contributed by atoms with van der Waals surface area (Å²) in [5.74, 6) is -0.344. The molecule has 0 fully saturated rings. The van der Waals surface area contributed by atoms with Crippen molar-refractivity contribution in [3.05, 3.63) is 81.7 Å². The Morgan fingerprint density at radius 1 is 1.14 bits per heavy atom. The average Bonchev–Trinajstić information content (AvgIpc) is 3.07. The number of hydrogen-bond donors (Lipinski definition) is 1. The normalized spacial score (nSPS) is 12.4. The summed E-state index contributed by atoms with van der Waals surface area (Å²) in [5, 5.41) is 22.2. The lowest BCUT2D eigenvalue weighted by molar-refractivity contribution is -0.384. The van der Waals surface area contributed by atoms with Crippen LogP contribution in [-0.2, 0) is 0 Å². The smallest absolute Gasteiger partial charge is 0.274 e. The molecular weight excluding hydrogens is 370 g/mol. The molecule has 0 bridgehead atoms. The van der Waals surface area contributed by atoms with Gasteiger partial charge in [-0.2, -0.15) is 0 Å². The van der Waals surface area contributed by atoms with Gasteiger partial charge in [-0.3, -0.25) is 14.9 Å². The first-order valence-corrected chi connectivity index (χ1v) is 9.21. The number of carbonyl (C=O) groups excluding carboxylic acids is 1. The minimum atomic E-state index is -0.475. The molecule has 0 saturated carbocycles. The number of nitro groups is 1. The lowest BCUT2D eigenvalue weighted by Gasteiger charge is -2.31. The third-order valence-corrected chi connectivity index (χ3v) is 4.67. The fraction of sp³-hybridized carbons (Fsp3) is 0.286. The molecule has 0 aliphatic heterocycles. The summed E-state index contributed by atoms with van der Waals surface area (Å²) in [6.45, 7) is 7.87. The summed E-state index contributed by atoms with van der Waals surface area (Å²) in [6.07, 6.45) is 0. The van der Waals surface area contributed by atoms with Crippen LogP contribution in [0.2, 0.25) is 0 Å². The maximum atomic E-state index is 13.0. The van der Waals surface area contributed by atoms with Gasteiger partial charge in [0.05, 0.1) is 22.3 Å². The molecule has 1 unspecified atom stereocenters. The molecule has 0 radical (unpaired) electrons. The zero-order valence-corrected chi connectivity index (χ0v) is 16.8. The van der Waals surface area contributed by atoms with E-state index in [-0.39, 0.29) is 28.7 Å². The van der Waals surface area contributed by atoms with E-state index in [2.05, 4.69) is 36.4 Å². The maximum absolute atomic E-state index is 13.0. The van der Waals surface area contributed by atoms with Crippen molar-refractivity contribution in [2.45, 2.75) is 33.7 Å². The van der Waals surface area contributed by atoms with Crippen molar-refractivity contribution in [1.82, 2.24) is 20.3 Å². The van der Waals surface area contributed by atoms with Gasteiger partial charge in [0.15, 0.2) is 5.69 Å². The highest BCUT2D eigenvalue weighted by Gasteiger charge is 2.29. The molecule has 0 saturated heterocycles. The molecule has 8 nitrogen and oxygen atoms in total. The lowest BCUT2D eigenvalue weighted by Crippen LogP contribution is -2.37. The maximum Gasteiger partial charge on any atom is 0.274 e. The van der Waals surface area contributed by atoms with E-state index in [0.717, 1.165) is 5.56 Å². The first-order chi connectivity index (χ1) is 13.7. The van der Waals surface area contributed by atoms with Gasteiger partial charge in [0.1, 0.15) is 0 Å². The summed E-state index contributed by atoms with van der Waals surface area (Å²) in [4.78, 5) is 23.5. The predicted octanol–water partition coefficient (Wildman–Crippen LogP) is 4.00. The number of nitrogens with zero attached hydrogens (tertiary/aromatic N) is 4. The molecule has 1 aromatic heterocycles. The second-order valence-corrected chi connectivity index (χ2v) is 7.90. The van der Waals surface area contributed by atoms with E-state index < -0.39 is 4.92 Å². The summed E-state index contributed by atoms with van der Waals surface area (Å²) < 4.78 is 1.43. The van der Waals surface area contributed by atoms with Gasteiger partial charge in [0.2, 0.25) is 0 Å². The Balaban J connectivity index is 1.91. The first-order valence-electron chi connectivity index (χ1n) is 9.21. The standard InChI is InChI=1S/C21H23N5O3/c1-14-18(23-24-25(14)16-11-8-12-17(13-16)26(28)29)20(27)22-19(21(2,3)4)15-9-6-5-7-10-15/h5-13,19H,1-4H3,(H,22,27). The molecule has 8 heteroatoms. The van der Waals surface area contributed by atoms with Crippen molar-refractivity contribution < 1.29 is 9.72 Å². The zero-order chi connectivity index (χ0) is 21.2. The summed E-state index contributed by atoms with van der Waals surface area (Å²) in [7, 11) is 0. The number of carbonyl (C=O) groups is 1. The van der Waals surface area contributed by atoms with Crippen LogP contribution in [0.4, 0.5) is 5.69 Å². The molecule has 1 heterocycles. The van der Waals surface area contributed by atoms with Gasteiger partial charge >= 0.3 is 0 Å². The Morgan fingerprint density at radius 2 is 1.83 bits per heavy atom. The van der Waals surface area contributed by atoms with Crippen molar-refractivity contribution in [2.24, 2.45) is 5.41 Å². The summed E-state index contributed by atoms with van der Waals surface area (Å²) >= 11 is 0. The van der Waals surface area contributed by atoms with Crippen LogP contribution in [0.3, 0.4) is 0 Å². The number of hydrogen-bond acceptors (Lipinski definition) is 5. The number of nitrogens with one attached hydrogen (secondary N) is 1. The van der Waals surface area contributed by atoms with Crippen LogP contribution in [0, 0.1) is 22.5 Å². The molecule has 2 aromatic carbocycles. The highest BCUT2D eigenvalue weighted by atomic mass is 16.6. The molecular formula is C21H23N5O3. The molecule has 0 aliphatic rings. The Kier molecular flexibility index (Phi) is 5.45.